The minimum atomic E-state index is -0.512. The molecule has 2 aromatic rings. The molecule has 21 heavy (non-hydrogen) atoms. The standard InChI is InChI=1S/C16H22N4O/c1-16(2,3)14(17)15(21)18-10-11-4-6-12(7-5-11)13-8-9-19-20-13/h4-9,14H,10,17H2,1-3H3,(H,18,21)(H,19,20). The summed E-state index contributed by atoms with van der Waals surface area (Å²) >= 11 is 0. The minimum absolute atomic E-state index is 0.125. The van der Waals surface area contributed by atoms with Crippen molar-refractivity contribution < 1.29 is 4.79 Å². The van der Waals surface area contributed by atoms with Crippen LogP contribution in [0.3, 0.4) is 0 Å². The molecule has 5 nitrogen and oxygen atoms in total. The number of H-pyrrole nitrogens is 1. The summed E-state index contributed by atoms with van der Waals surface area (Å²) < 4.78 is 0. The molecule has 0 saturated carbocycles. The molecule has 1 amide bonds. The highest BCUT2D eigenvalue weighted by Crippen LogP contribution is 2.18. The van der Waals surface area contributed by atoms with Crippen molar-refractivity contribution in [3.63, 3.8) is 0 Å². The minimum Gasteiger partial charge on any atom is -0.351 e. The molecule has 0 radical (unpaired) electrons. The lowest BCUT2D eigenvalue weighted by Gasteiger charge is -2.25. The summed E-state index contributed by atoms with van der Waals surface area (Å²) in [6.45, 7) is 6.34. The van der Waals surface area contributed by atoms with E-state index in [0.717, 1.165) is 16.8 Å². The first-order valence-corrected chi connectivity index (χ1v) is 7.00. The second kappa shape index (κ2) is 6.10. The maximum absolute atomic E-state index is 12.0. The van der Waals surface area contributed by atoms with E-state index in [1.165, 1.54) is 0 Å². The third-order valence-corrected chi connectivity index (χ3v) is 3.45. The molecule has 5 heteroatoms. The molecule has 112 valence electrons. The van der Waals surface area contributed by atoms with Crippen molar-refractivity contribution in [1.82, 2.24) is 15.5 Å². The van der Waals surface area contributed by atoms with Crippen molar-refractivity contribution in [2.24, 2.45) is 11.1 Å². The highest BCUT2D eigenvalue weighted by Gasteiger charge is 2.26. The van der Waals surface area contributed by atoms with Crippen LogP contribution >= 0.6 is 0 Å². The summed E-state index contributed by atoms with van der Waals surface area (Å²) in [5, 5.41) is 9.72. The van der Waals surface area contributed by atoms with E-state index in [9.17, 15) is 4.79 Å². The highest BCUT2D eigenvalue weighted by molar-refractivity contribution is 5.82. The maximum atomic E-state index is 12.0. The Morgan fingerprint density at radius 1 is 1.29 bits per heavy atom. The van der Waals surface area contributed by atoms with Crippen LogP contribution in [0.25, 0.3) is 11.3 Å². The van der Waals surface area contributed by atoms with Gasteiger partial charge < -0.3 is 11.1 Å². The number of aromatic nitrogens is 2. The quantitative estimate of drug-likeness (QED) is 0.804. The zero-order chi connectivity index (χ0) is 15.5. The number of hydrogen-bond acceptors (Lipinski definition) is 3. The zero-order valence-electron chi connectivity index (χ0n) is 12.7. The molecule has 1 unspecified atom stereocenters. The molecule has 0 spiro atoms. The summed E-state index contributed by atoms with van der Waals surface area (Å²) in [6.07, 6.45) is 1.72. The van der Waals surface area contributed by atoms with Crippen LogP contribution in [0, 0.1) is 5.41 Å². The average molecular weight is 286 g/mol. The number of rotatable bonds is 4. The van der Waals surface area contributed by atoms with E-state index >= 15 is 0 Å². The van der Waals surface area contributed by atoms with E-state index in [1.807, 2.05) is 51.1 Å². The molecule has 1 heterocycles. The van der Waals surface area contributed by atoms with Crippen LogP contribution in [0.2, 0.25) is 0 Å². The monoisotopic (exact) mass is 286 g/mol. The van der Waals surface area contributed by atoms with Crippen LogP contribution in [-0.4, -0.2) is 22.1 Å². The number of nitrogens with two attached hydrogens (primary N) is 1. The summed E-state index contributed by atoms with van der Waals surface area (Å²) in [5.41, 5.74) is 8.75. The van der Waals surface area contributed by atoms with Gasteiger partial charge in [0.1, 0.15) is 0 Å². The van der Waals surface area contributed by atoms with Crippen LogP contribution in [0.1, 0.15) is 26.3 Å². The molecule has 0 saturated heterocycles. The van der Waals surface area contributed by atoms with Gasteiger partial charge in [-0.3, -0.25) is 9.89 Å². The maximum Gasteiger partial charge on any atom is 0.237 e. The number of hydrogen-bond donors (Lipinski definition) is 3. The lowest BCUT2D eigenvalue weighted by Crippen LogP contribution is -2.48. The van der Waals surface area contributed by atoms with Crippen molar-refractivity contribution in [3.05, 3.63) is 42.1 Å². The van der Waals surface area contributed by atoms with E-state index < -0.39 is 6.04 Å². The Morgan fingerprint density at radius 3 is 2.48 bits per heavy atom. The van der Waals surface area contributed by atoms with Gasteiger partial charge in [0.05, 0.1) is 11.7 Å². The first-order valence-electron chi connectivity index (χ1n) is 7.00. The fourth-order valence-electron chi connectivity index (χ4n) is 1.91. The average Bonchev–Trinajstić information content (AvgIpc) is 2.97. The molecule has 0 aliphatic heterocycles. The number of nitrogens with one attached hydrogen (secondary N) is 2. The van der Waals surface area contributed by atoms with Crippen LogP contribution in [-0.2, 0) is 11.3 Å². The Balaban J connectivity index is 1.94. The Bertz CT molecular complexity index is 582. The van der Waals surface area contributed by atoms with Crippen molar-refractivity contribution >= 4 is 5.91 Å². The Labute approximate surface area is 124 Å². The van der Waals surface area contributed by atoms with Gasteiger partial charge in [0, 0.05) is 12.7 Å². The number of nitrogens with zero attached hydrogens (tertiary/aromatic N) is 1. The molecule has 1 atom stereocenters. The largest absolute Gasteiger partial charge is 0.351 e. The normalized spacial score (nSPS) is 13.0. The van der Waals surface area contributed by atoms with Crippen molar-refractivity contribution in [2.45, 2.75) is 33.4 Å². The molecular weight excluding hydrogens is 264 g/mol. The summed E-state index contributed by atoms with van der Waals surface area (Å²) in [7, 11) is 0. The van der Waals surface area contributed by atoms with Crippen LogP contribution in [0.5, 0.6) is 0 Å². The second-order valence-corrected chi connectivity index (χ2v) is 6.23. The smallest absolute Gasteiger partial charge is 0.237 e. The third-order valence-electron chi connectivity index (χ3n) is 3.45. The fourth-order valence-corrected chi connectivity index (χ4v) is 1.91. The van der Waals surface area contributed by atoms with Gasteiger partial charge in [-0.15, -0.1) is 0 Å². The molecule has 0 fully saturated rings. The molecule has 4 N–H and O–H groups in total. The van der Waals surface area contributed by atoms with Gasteiger partial charge in [-0.05, 0) is 22.6 Å². The molecule has 0 aliphatic carbocycles. The molecule has 2 rings (SSSR count). The van der Waals surface area contributed by atoms with Crippen molar-refractivity contribution in [1.29, 1.82) is 0 Å². The van der Waals surface area contributed by atoms with E-state index in [-0.39, 0.29) is 11.3 Å². The number of benzene rings is 1. The van der Waals surface area contributed by atoms with Gasteiger partial charge in [0.25, 0.3) is 0 Å². The lowest BCUT2D eigenvalue weighted by molar-refractivity contribution is -0.124. The Morgan fingerprint density at radius 2 is 1.95 bits per heavy atom. The predicted octanol–water partition coefficient (Wildman–Crippen LogP) is 2.07. The van der Waals surface area contributed by atoms with E-state index in [2.05, 4.69) is 15.5 Å². The summed E-state index contributed by atoms with van der Waals surface area (Å²) in [5.74, 6) is -0.125. The second-order valence-electron chi connectivity index (χ2n) is 6.23. The number of carbonyl (C=O) groups excluding carboxylic acids is 1. The zero-order valence-corrected chi connectivity index (χ0v) is 12.7. The highest BCUT2D eigenvalue weighted by atomic mass is 16.2. The Hall–Kier alpha value is -2.14. The molecular formula is C16H22N4O. The SMILES string of the molecule is CC(C)(C)C(N)C(=O)NCc1ccc(-c2ccn[nH]2)cc1. The number of carbonyl (C=O) groups is 1. The first kappa shape index (κ1) is 15.3. The molecule has 0 bridgehead atoms. The Kier molecular flexibility index (Phi) is 4.43. The van der Waals surface area contributed by atoms with Gasteiger partial charge in [-0.2, -0.15) is 5.10 Å². The molecule has 1 aromatic carbocycles. The van der Waals surface area contributed by atoms with Crippen LogP contribution in [0.15, 0.2) is 36.5 Å². The number of amides is 1. The van der Waals surface area contributed by atoms with E-state index in [1.54, 1.807) is 6.20 Å². The topological polar surface area (TPSA) is 83.8 Å². The van der Waals surface area contributed by atoms with Gasteiger partial charge >= 0.3 is 0 Å². The molecule has 0 aliphatic rings. The third kappa shape index (κ3) is 3.92. The van der Waals surface area contributed by atoms with Crippen molar-refractivity contribution in [3.8, 4) is 11.3 Å². The summed E-state index contributed by atoms with van der Waals surface area (Å²) in [4.78, 5) is 12.0. The van der Waals surface area contributed by atoms with Gasteiger partial charge in [0.15, 0.2) is 0 Å². The molecule has 1 aromatic heterocycles. The van der Waals surface area contributed by atoms with Gasteiger partial charge in [-0.25, -0.2) is 0 Å². The number of aromatic amines is 1. The van der Waals surface area contributed by atoms with E-state index in [0.29, 0.717) is 6.54 Å². The predicted molar refractivity (Wildman–Crippen MR) is 83.3 cm³/mol. The van der Waals surface area contributed by atoms with Gasteiger partial charge in [0.2, 0.25) is 5.91 Å². The van der Waals surface area contributed by atoms with Crippen LogP contribution in [0.4, 0.5) is 0 Å². The lowest BCUT2D eigenvalue weighted by atomic mass is 9.87. The first-order chi connectivity index (χ1) is 9.88. The van der Waals surface area contributed by atoms with Gasteiger partial charge in [-0.1, -0.05) is 45.0 Å². The van der Waals surface area contributed by atoms with Crippen molar-refractivity contribution in [2.75, 3.05) is 0 Å². The van der Waals surface area contributed by atoms with E-state index in [4.69, 9.17) is 5.73 Å². The fraction of sp³-hybridized carbons (Fsp3) is 0.375. The van der Waals surface area contributed by atoms with Crippen LogP contribution < -0.4 is 11.1 Å². The summed E-state index contributed by atoms with van der Waals surface area (Å²) in [6, 6.07) is 9.37.